The van der Waals surface area contributed by atoms with E-state index in [4.69, 9.17) is 5.10 Å². The normalized spacial score (nSPS) is 15.7. The first-order valence-electron chi connectivity index (χ1n) is 8.58. The number of nitriles is 1. The summed E-state index contributed by atoms with van der Waals surface area (Å²) in [5.41, 5.74) is 3.10. The summed E-state index contributed by atoms with van der Waals surface area (Å²) >= 11 is 1.19. The molecule has 0 bridgehead atoms. The van der Waals surface area contributed by atoms with Crippen molar-refractivity contribution in [3.8, 4) is 5.40 Å². The third-order valence-corrected chi connectivity index (χ3v) is 4.95. The number of hydrogen-bond acceptors (Lipinski definition) is 4. The van der Waals surface area contributed by atoms with Gasteiger partial charge in [-0.15, -0.1) is 0 Å². The van der Waals surface area contributed by atoms with E-state index in [9.17, 15) is 5.26 Å². The van der Waals surface area contributed by atoms with Gasteiger partial charge in [0.15, 0.2) is 0 Å². The maximum atomic E-state index is 9.33. The van der Waals surface area contributed by atoms with Crippen LogP contribution >= 0.6 is 11.8 Å². The van der Waals surface area contributed by atoms with Crippen LogP contribution in [0.1, 0.15) is 30.4 Å². The number of hydrogen-bond donors (Lipinski definition) is 0. The van der Waals surface area contributed by atoms with Gasteiger partial charge in [0.2, 0.25) is 0 Å². The van der Waals surface area contributed by atoms with E-state index in [0.29, 0.717) is 0 Å². The molecule has 2 aromatic carbocycles. The summed E-state index contributed by atoms with van der Waals surface area (Å²) < 4.78 is 0. The molecule has 1 aliphatic rings. The SMILES string of the molecule is N#CS/C(=C(/C=N/N1CCCCC1)c1ccccc1)c1ccccc1. The quantitative estimate of drug-likeness (QED) is 0.422. The summed E-state index contributed by atoms with van der Waals surface area (Å²) in [6.07, 6.45) is 5.60. The maximum Gasteiger partial charge on any atom is 0.138 e. The van der Waals surface area contributed by atoms with E-state index >= 15 is 0 Å². The molecule has 0 aliphatic carbocycles. The van der Waals surface area contributed by atoms with E-state index in [0.717, 1.165) is 34.7 Å². The summed E-state index contributed by atoms with van der Waals surface area (Å²) in [6.45, 7) is 2.01. The zero-order valence-electron chi connectivity index (χ0n) is 14.1. The molecule has 0 amide bonds. The summed E-state index contributed by atoms with van der Waals surface area (Å²) in [5.74, 6) is 0. The van der Waals surface area contributed by atoms with E-state index in [1.807, 2.05) is 54.7 Å². The highest BCUT2D eigenvalue weighted by Crippen LogP contribution is 2.34. The highest BCUT2D eigenvalue weighted by molar-refractivity contribution is 8.12. The number of allylic oxidation sites excluding steroid dienone is 1. The smallest absolute Gasteiger partial charge is 0.138 e. The van der Waals surface area contributed by atoms with E-state index in [-0.39, 0.29) is 0 Å². The molecule has 0 radical (unpaired) electrons. The van der Waals surface area contributed by atoms with Gasteiger partial charge in [-0.1, -0.05) is 60.7 Å². The van der Waals surface area contributed by atoms with Crippen LogP contribution in [0.3, 0.4) is 0 Å². The first-order valence-corrected chi connectivity index (χ1v) is 9.40. The van der Waals surface area contributed by atoms with Crippen LogP contribution in [-0.2, 0) is 0 Å². The fourth-order valence-electron chi connectivity index (χ4n) is 2.92. The lowest BCUT2D eigenvalue weighted by molar-refractivity contribution is 0.241. The monoisotopic (exact) mass is 347 g/mol. The van der Waals surface area contributed by atoms with Gasteiger partial charge in [0, 0.05) is 23.6 Å². The predicted molar refractivity (Wildman–Crippen MR) is 107 cm³/mol. The maximum absolute atomic E-state index is 9.33. The second-order valence-electron chi connectivity index (χ2n) is 5.93. The van der Waals surface area contributed by atoms with Gasteiger partial charge in [-0.3, -0.25) is 5.01 Å². The van der Waals surface area contributed by atoms with Crippen LogP contribution in [0.4, 0.5) is 0 Å². The molecule has 1 saturated heterocycles. The molecular weight excluding hydrogens is 326 g/mol. The number of hydrazone groups is 1. The number of thioether (sulfide) groups is 1. The Hall–Kier alpha value is -2.51. The van der Waals surface area contributed by atoms with Crippen molar-refractivity contribution >= 4 is 28.5 Å². The number of thiocyanates is 1. The molecule has 4 heteroatoms. The van der Waals surface area contributed by atoms with Crippen molar-refractivity contribution in [2.24, 2.45) is 5.10 Å². The van der Waals surface area contributed by atoms with Crippen molar-refractivity contribution < 1.29 is 0 Å². The summed E-state index contributed by atoms with van der Waals surface area (Å²) in [6, 6.07) is 20.2. The van der Waals surface area contributed by atoms with Gasteiger partial charge in [0.05, 0.1) is 6.21 Å². The van der Waals surface area contributed by atoms with Crippen LogP contribution in [0, 0.1) is 10.7 Å². The molecule has 0 spiro atoms. The molecule has 1 heterocycles. The zero-order valence-corrected chi connectivity index (χ0v) is 15.0. The first-order chi connectivity index (χ1) is 12.4. The highest BCUT2D eigenvalue weighted by Gasteiger charge is 2.12. The van der Waals surface area contributed by atoms with E-state index in [1.54, 1.807) is 0 Å². The van der Waals surface area contributed by atoms with E-state index in [2.05, 4.69) is 22.5 Å². The number of benzene rings is 2. The van der Waals surface area contributed by atoms with Crippen LogP contribution in [0.2, 0.25) is 0 Å². The van der Waals surface area contributed by atoms with E-state index < -0.39 is 0 Å². The summed E-state index contributed by atoms with van der Waals surface area (Å²) in [7, 11) is 0. The molecule has 0 unspecified atom stereocenters. The molecule has 2 aromatic rings. The lowest BCUT2D eigenvalue weighted by Crippen LogP contribution is -2.24. The molecule has 25 heavy (non-hydrogen) atoms. The molecule has 1 aliphatic heterocycles. The Balaban J connectivity index is 2.04. The van der Waals surface area contributed by atoms with Crippen LogP contribution in [0.15, 0.2) is 65.8 Å². The minimum Gasteiger partial charge on any atom is -0.297 e. The number of rotatable bonds is 5. The summed E-state index contributed by atoms with van der Waals surface area (Å²) in [4.78, 5) is 0.940. The van der Waals surface area contributed by atoms with E-state index in [1.165, 1.54) is 31.0 Å². The molecule has 0 aromatic heterocycles. The Morgan fingerprint density at radius 3 is 2.12 bits per heavy atom. The average Bonchev–Trinajstić information content (AvgIpc) is 2.69. The Kier molecular flexibility index (Phi) is 6.30. The third-order valence-electron chi connectivity index (χ3n) is 4.20. The largest absolute Gasteiger partial charge is 0.297 e. The van der Waals surface area contributed by atoms with Crippen LogP contribution in [0.5, 0.6) is 0 Å². The lowest BCUT2D eigenvalue weighted by atomic mass is 10.0. The Morgan fingerprint density at radius 2 is 1.52 bits per heavy atom. The van der Waals surface area contributed by atoms with Crippen LogP contribution < -0.4 is 0 Å². The molecule has 0 N–H and O–H groups in total. The van der Waals surface area contributed by atoms with Gasteiger partial charge in [-0.2, -0.15) is 10.4 Å². The number of nitrogens with zero attached hydrogens (tertiary/aromatic N) is 3. The van der Waals surface area contributed by atoms with Crippen LogP contribution in [-0.4, -0.2) is 24.3 Å². The molecule has 0 saturated carbocycles. The van der Waals surface area contributed by atoms with Crippen molar-refractivity contribution in [2.75, 3.05) is 13.1 Å². The molecule has 3 nitrogen and oxygen atoms in total. The predicted octanol–water partition coefficient (Wildman–Crippen LogP) is 5.24. The second kappa shape index (κ2) is 9.10. The van der Waals surface area contributed by atoms with Gasteiger partial charge in [-0.25, -0.2) is 0 Å². The van der Waals surface area contributed by atoms with Crippen LogP contribution in [0.25, 0.3) is 10.5 Å². The van der Waals surface area contributed by atoms with Crippen molar-refractivity contribution in [3.63, 3.8) is 0 Å². The Bertz CT molecular complexity index is 770. The van der Waals surface area contributed by atoms with Crippen molar-refractivity contribution in [3.05, 3.63) is 71.8 Å². The topological polar surface area (TPSA) is 39.4 Å². The van der Waals surface area contributed by atoms with Gasteiger partial charge >= 0.3 is 0 Å². The first kappa shape index (κ1) is 17.3. The van der Waals surface area contributed by atoms with Gasteiger partial charge in [0.25, 0.3) is 0 Å². The lowest BCUT2D eigenvalue weighted by Gasteiger charge is -2.23. The minimum absolute atomic E-state index is 0.940. The third kappa shape index (κ3) is 4.74. The Labute approximate surface area is 153 Å². The average molecular weight is 347 g/mol. The molecule has 1 fully saturated rings. The zero-order chi connectivity index (χ0) is 17.3. The second-order valence-corrected chi connectivity index (χ2v) is 6.72. The fraction of sp³-hybridized carbons (Fsp3) is 0.238. The standard InChI is InChI=1S/C21H21N3S/c22-17-25-21(19-12-6-2-7-13-19)20(18-10-4-1-5-11-18)16-23-24-14-8-3-9-15-24/h1-2,4-7,10-13,16H,3,8-9,14-15H2/b21-20-,23-16+. The Morgan fingerprint density at radius 1 is 0.920 bits per heavy atom. The van der Waals surface area contributed by atoms with Crippen molar-refractivity contribution in [1.29, 1.82) is 5.26 Å². The number of piperidine rings is 1. The van der Waals surface area contributed by atoms with Gasteiger partial charge in [-0.05, 0) is 42.2 Å². The molecule has 126 valence electrons. The van der Waals surface area contributed by atoms with Gasteiger partial charge in [0.1, 0.15) is 5.40 Å². The summed E-state index contributed by atoms with van der Waals surface area (Å²) in [5, 5.41) is 18.4. The van der Waals surface area contributed by atoms with Gasteiger partial charge < -0.3 is 0 Å². The highest BCUT2D eigenvalue weighted by atomic mass is 32.2. The molecular formula is C21H21N3S. The molecule has 3 rings (SSSR count). The molecule has 0 atom stereocenters. The van der Waals surface area contributed by atoms with Crippen molar-refractivity contribution in [2.45, 2.75) is 19.3 Å². The minimum atomic E-state index is 0.940. The fourth-order valence-corrected chi connectivity index (χ4v) is 3.54. The van der Waals surface area contributed by atoms with Crippen molar-refractivity contribution in [1.82, 2.24) is 5.01 Å².